The van der Waals surface area contributed by atoms with Gasteiger partial charge in [-0.3, -0.25) is 10.1 Å². The Kier molecular flexibility index (Phi) is 1.87. The molecule has 1 N–H and O–H groups in total. The van der Waals surface area contributed by atoms with Crippen molar-refractivity contribution in [3.63, 3.8) is 0 Å². The number of halogens is 2. The van der Waals surface area contributed by atoms with Crippen LogP contribution in [0.5, 0.6) is 5.75 Å². The summed E-state index contributed by atoms with van der Waals surface area (Å²) in [6.45, 7) is 0. The van der Waals surface area contributed by atoms with Crippen molar-refractivity contribution in [2.75, 3.05) is 0 Å². The van der Waals surface area contributed by atoms with E-state index in [1.54, 1.807) is 0 Å². The number of alkyl halides is 2. The van der Waals surface area contributed by atoms with E-state index in [4.69, 9.17) is 5.11 Å². The number of nitrogens with zero attached hydrogens (tertiary/aromatic N) is 1. The summed E-state index contributed by atoms with van der Waals surface area (Å²) in [5.74, 6) is -0.569. The maximum Gasteiger partial charge on any atom is 0.429 e. The summed E-state index contributed by atoms with van der Waals surface area (Å²) in [4.78, 5) is 9.64. The number of rotatable bonds is 1. The van der Waals surface area contributed by atoms with Crippen LogP contribution in [-0.2, 0) is 0 Å². The van der Waals surface area contributed by atoms with Crippen LogP contribution in [0.4, 0.5) is 14.5 Å². The highest BCUT2D eigenvalue weighted by molar-refractivity contribution is 5.55. The van der Waals surface area contributed by atoms with E-state index in [9.17, 15) is 18.9 Å². The lowest BCUT2D eigenvalue weighted by Gasteiger charge is -2.11. The Morgan fingerprint density at radius 1 is 1.53 bits per heavy atom. The third-order valence-electron chi connectivity index (χ3n) is 2.07. The quantitative estimate of drug-likeness (QED) is 0.573. The molecule has 0 aromatic heterocycles. The number of fused-ring (bicyclic) bond motifs is 1. The average molecular weight is 217 g/mol. The Balaban J connectivity index is 2.59. The molecule has 7 heteroatoms. The molecule has 15 heavy (non-hydrogen) atoms. The Morgan fingerprint density at radius 3 is 2.80 bits per heavy atom. The third-order valence-corrected chi connectivity index (χ3v) is 2.07. The van der Waals surface area contributed by atoms with Crippen LogP contribution in [0.2, 0.25) is 0 Å². The van der Waals surface area contributed by atoms with Crippen molar-refractivity contribution in [1.82, 2.24) is 0 Å². The van der Waals surface area contributed by atoms with Gasteiger partial charge in [0, 0.05) is 11.6 Å². The van der Waals surface area contributed by atoms with Gasteiger partial charge >= 0.3 is 11.8 Å². The van der Waals surface area contributed by atoms with Crippen LogP contribution in [-0.4, -0.2) is 16.1 Å². The van der Waals surface area contributed by atoms with Crippen molar-refractivity contribution < 1.29 is 23.5 Å². The van der Waals surface area contributed by atoms with Crippen LogP contribution >= 0.6 is 0 Å². The highest BCUT2D eigenvalue weighted by Gasteiger charge is 2.52. The van der Waals surface area contributed by atoms with Crippen LogP contribution in [0.25, 0.3) is 0 Å². The van der Waals surface area contributed by atoms with Crippen molar-refractivity contribution in [3.8, 4) is 5.75 Å². The first-order valence-electron chi connectivity index (χ1n) is 3.95. The Hall–Kier alpha value is -1.76. The van der Waals surface area contributed by atoms with Crippen LogP contribution < -0.4 is 4.74 Å². The monoisotopic (exact) mass is 217 g/mol. The molecule has 1 atom stereocenters. The fourth-order valence-electron chi connectivity index (χ4n) is 1.39. The van der Waals surface area contributed by atoms with Crippen LogP contribution in [0.15, 0.2) is 18.2 Å². The van der Waals surface area contributed by atoms with Crippen molar-refractivity contribution in [3.05, 3.63) is 33.9 Å². The second-order valence-corrected chi connectivity index (χ2v) is 3.02. The zero-order valence-electron chi connectivity index (χ0n) is 7.18. The molecule has 0 aliphatic carbocycles. The average Bonchev–Trinajstić information content (AvgIpc) is 2.37. The van der Waals surface area contributed by atoms with Crippen LogP contribution in [0, 0.1) is 10.1 Å². The molecule has 80 valence electrons. The number of aliphatic hydroxyl groups is 1. The summed E-state index contributed by atoms with van der Waals surface area (Å²) in [6.07, 6.45) is -5.97. The second-order valence-electron chi connectivity index (χ2n) is 3.02. The lowest BCUT2D eigenvalue weighted by atomic mass is 10.1. The van der Waals surface area contributed by atoms with Gasteiger partial charge < -0.3 is 9.84 Å². The van der Waals surface area contributed by atoms with E-state index in [2.05, 4.69) is 4.74 Å². The van der Waals surface area contributed by atoms with Crippen LogP contribution in [0.1, 0.15) is 11.7 Å². The first kappa shape index (κ1) is 9.78. The number of hydrogen-bond acceptors (Lipinski definition) is 4. The predicted molar refractivity (Wildman–Crippen MR) is 43.6 cm³/mol. The number of ether oxygens (including phenoxy) is 1. The Bertz CT molecular complexity index is 435. The minimum absolute atomic E-state index is 0.269. The first-order valence-corrected chi connectivity index (χ1v) is 3.95. The molecule has 0 bridgehead atoms. The summed E-state index contributed by atoms with van der Waals surface area (Å²) in [6, 6.07) is 3.41. The Labute approximate surface area is 82.0 Å². The molecule has 5 nitrogen and oxygen atoms in total. The van der Waals surface area contributed by atoms with Crippen LogP contribution in [0.3, 0.4) is 0 Å². The van der Waals surface area contributed by atoms with E-state index in [0.29, 0.717) is 0 Å². The lowest BCUT2D eigenvalue weighted by molar-refractivity contribution is -0.386. The molecule has 1 heterocycles. The molecule has 0 spiro atoms. The molecule has 0 fully saturated rings. The van der Waals surface area contributed by atoms with Crippen molar-refractivity contribution in [2.24, 2.45) is 0 Å². The number of nitro benzene ring substituents is 1. The molecule has 0 radical (unpaired) electrons. The van der Waals surface area contributed by atoms with E-state index >= 15 is 0 Å². The minimum atomic E-state index is -3.81. The zero-order chi connectivity index (χ0) is 11.2. The first-order chi connectivity index (χ1) is 6.93. The van der Waals surface area contributed by atoms with Gasteiger partial charge in [0.2, 0.25) is 5.75 Å². The summed E-state index contributed by atoms with van der Waals surface area (Å²) in [5.41, 5.74) is -0.849. The molecule has 0 amide bonds. The molecule has 1 aliphatic rings. The number of aliphatic hydroxyl groups excluding tert-OH is 1. The van der Waals surface area contributed by atoms with Crippen molar-refractivity contribution in [1.29, 1.82) is 0 Å². The topological polar surface area (TPSA) is 72.6 Å². The summed E-state index contributed by atoms with van der Waals surface area (Å²) in [7, 11) is 0. The van der Waals surface area contributed by atoms with Gasteiger partial charge in [-0.25, -0.2) is 0 Å². The number of hydrogen-bond donors (Lipinski definition) is 1. The van der Waals surface area contributed by atoms with Gasteiger partial charge in [0.15, 0.2) is 6.10 Å². The molecular weight excluding hydrogens is 212 g/mol. The molecule has 0 saturated carbocycles. The maximum absolute atomic E-state index is 12.9. The highest BCUT2D eigenvalue weighted by Crippen LogP contribution is 2.48. The van der Waals surface area contributed by atoms with Gasteiger partial charge in [0.05, 0.1) is 4.92 Å². The van der Waals surface area contributed by atoms with Crippen molar-refractivity contribution >= 4 is 5.69 Å². The van der Waals surface area contributed by atoms with E-state index in [1.165, 1.54) is 6.07 Å². The third kappa shape index (κ3) is 1.32. The highest BCUT2D eigenvalue weighted by atomic mass is 19.3. The maximum atomic E-state index is 12.9. The van der Waals surface area contributed by atoms with Gasteiger partial charge in [0.25, 0.3) is 0 Å². The number of benzene rings is 1. The fourth-order valence-corrected chi connectivity index (χ4v) is 1.39. The van der Waals surface area contributed by atoms with Gasteiger partial charge in [-0.15, -0.1) is 0 Å². The molecule has 2 rings (SSSR count). The Morgan fingerprint density at radius 2 is 2.20 bits per heavy atom. The number of para-hydroxylation sites is 1. The zero-order valence-corrected chi connectivity index (χ0v) is 7.18. The van der Waals surface area contributed by atoms with Gasteiger partial charge in [-0.05, 0) is 0 Å². The van der Waals surface area contributed by atoms with Crippen molar-refractivity contribution in [2.45, 2.75) is 12.2 Å². The van der Waals surface area contributed by atoms with E-state index in [0.717, 1.165) is 12.1 Å². The molecule has 1 aromatic rings. The summed E-state index contributed by atoms with van der Waals surface area (Å²) < 4.78 is 29.8. The summed E-state index contributed by atoms with van der Waals surface area (Å²) >= 11 is 0. The molecule has 0 saturated heterocycles. The molecule has 1 aliphatic heterocycles. The molecule has 1 aromatic carbocycles. The van der Waals surface area contributed by atoms with E-state index in [1.807, 2.05) is 0 Å². The SMILES string of the molecule is O=[N+]([O-])c1cccc2c1OC(F)(F)C2O. The predicted octanol–water partition coefficient (Wildman–Crippen LogP) is 1.61. The second kappa shape index (κ2) is 2.86. The van der Waals surface area contributed by atoms with Gasteiger partial charge in [-0.1, -0.05) is 12.1 Å². The minimum Gasteiger partial charge on any atom is -0.423 e. The van der Waals surface area contributed by atoms with E-state index < -0.39 is 28.6 Å². The molecular formula is C8H5F2NO4. The standard InChI is InChI=1S/C8H5F2NO4/c9-8(10)7(12)4-2-1-3-5(11(13)14)6(4)15-8/h1-3,7,12H. The number of nitro groups is 1. The fraction of sp³-hybridized carbons (Fsp3) is 0.250. The lowest BCUT2D eigenvalue weighted by Crippen LogP contribution is -2.26. The smallest absolute Gasteiger partial charge is 0.423 e. The largest absolute Gasteiger partial charge is 0.429 e. The van der Waals surface area contributed by atoms with E-state index in [-0.39, 0.29) is 5.56 Å². The molecule has 1 unspecified atom stereocenters. The van der Waals surface area contributed by atoms with Gasteiger partial charge in [-0.2, -0.15) is 8.78 Å². The summed E-state index contributed by atoms with van der Waals surface area (Å²) in [5, 5.41) is 19.6. The normalized spacial score (nSPS) is 21.9. The van der Waals surface area contributed by atoms with Gasteiger partial charge in [0.1, 0.15) is 0 Å².